The monoisotopic (exact) mass is 251 g/mol. The van der Waals surface area contributed by atoms with Gasteiger partial charge in [-0.1, -0.05) is 0 Å². The fraction of sp³-hybridized carbons (Fsp3) is 0.364. The number of carbonyl (C=O) groups excluding carboxylic acids is 1. The first-order valence-electron chi connectivity index (χ1n) is 5.25. The number of thiazole rings is 1. The van der Waals surface area contributed by atoms with Gasteiger partial charge < -0.3 is 4.74 Å². The molecule has 5 nitrogen and oxygen atoms in total. The first-order chi connectivity index (χ1) is 8.11. The number of aromatic nitrogens is 3. The Labute approximate surface area is 103 Å². The molecule has 2 rings (SSSR count). The van der Waals surface area contributed by atoms with Crippen molar-refractivity contribution in [3.8, 4) is 10.6 Å². The maximum absolute atomic E-state index is 11.6. The van der Waals surface area contributed by atoms with Crippen LogP contribution < -0.4 is 0 Å². The number of hydrogen-bond acceptors (Lipinski definition) is 5. The summed E-state index contributed by atoms with van der Waals surface area (Å²) >= 11 is 1.47. The van der Waals surface area contributed by atoms with Crippen molar-refractivity contribution in [2.75, 3.05) is 6.61 Å². The molecular formula is C11H13N3O2S. The second-order valence-corrected chi connectivity index (χ2v) is 4.75. The Hall–Kier alpha value is -1.69. The van der Waals surface area contributed by atoms with Crippen LogP contribution in [0.15, 0.2) is 12.4 Å². The molecule has 2 heterocycles. The number of aryl methyl sites for hydroxylation is 2. The number of hydrogen-bond donors (Lipinski definition) is 0. The third kappa shape index (κ3) is 2.36. The van der Waals surface area contributed by atoms with Crippen LogP contribution in [0.5, 0.6) is 0 Å². The van der Waals surface area contributed by atoms with Gasteiger partial charge >= 0.3 is 5.97 Å². The molecule has 0 fully saturated rings. The first-order valence-corrected chi connectivity index (χ1v) is 6.07. The molecule has 0 N–H and O–H groups in total. The summed E-state index contributed by atoms with van der Waals surface area (Å²) in [7, 11) is 1.84. The van der Waals surface area contributed by atoms with Crippen molar-refractivity contribution in [1.82, 2.24) is 14.8 Å². The molecule has 0 bridgehead atoms. The molecule has 0 aliphatic rings. The number of ether oxygens (including phenoxy) is 1. The van der Waals surface area contributed by atoms with Crippen LogP contribution in [0.4, 0.5) is 0 Å². The summed E-state index contributed by atoms with van der Waals surface area (Å²) in [4.78, 5) is 16.8. The minimum atomic E-state index is -0.364. The lowest BCUT2D eigenvalue weighted by Crippen LogP contribution is -2.06. The molecule has 0 atom stereocenters. The van der Waals surface area contributed by atoms with Crippen LogP contribution in [-0.4, -0.2) is 27.3 Å². The first kappa shape index (κ1) is 11.8. The van der Waals surface area contributed by atoms with E-state index in [0.29, 0.717) is 12.3 Å². The molecule has 6 heteroatoms. The lowest BCUT2D eigenvalue weighted by Gasteiger charge is -1.97. The van der Waals surface area contributed by atoms with Crippen LogP contribution in [0, 0.1) is 6.92 Å². The highest BCUT2D eigenvalue weighted by molar-refractivity contribution is 7.15. The Morgan fingerprint density at radius 1 is 1.59 bits per heavy atom. The van der Waals surface area contributed by atoms with Crippen LogP contribution in [0.3, 0.4) is 0 Å². The molecule has 0 aliphatic carbocycles. The molecular weight excluding hydrogens is 238 g/mol. The second-order valence-electron chi connectivity index (χ2n) is 3.55. The summed E-state index contributed by atoms with van der Waals surface area (Å²) in [5.41, 5.74) is 1.31. The Balaban J connectivity index is 2.33. The van der Waals surface area contributed by atoms with Gasteiger partial charge in [0.1, 0.15) is 5.01 Å². The smallest absolute Gasteiger partial charge is 0.358 e. The number of rotatable bonds is 3. The van der Waals surface area contributed by atoms with Gasteiger partial charge in [0.15, 0.2) is 5.69 Å². The van der Waals surface area contributed by atoms with E-state index < -0.39 is 0 Å². The van der Waals surface area contributed by atoms with Gasteiger partial charge in [-0.15, -0.1) is 11.3 Å². The average molecular weight is 251 g/mol. The second kappa shape index (κ2) is 4.67. The minimum absolute atomic E-state index is 0.359. The summed E-state index contributed by atoms with van der Waals surface area (Å²) in [5, 5.41) is 4.87. The zero-order chi connectivity index (χ0) is 12.4. The van der Waals surface area contributed by atoms with Gasteiger partial charge in [-0.25, -0.2) is 9.78 Å². The fourth-order valence-electron chi connectivity index (χ4n) is 1.44. The average Bonchev–Trinajstić information content (AvgIpc) is 2.85. The SMILES string of the molecule is CCOC(=O)c1nc(-c2cnn(C)c2)sc1C. The molecule has 0 radical (unpaired) electrons. The molecule has 0 aliphatic heterocycles. The number of esters is 1. The lowest BCUT2D eigenvalue weighted by molar-refractivity contribution is 0.0519. The molecule has 0 unspecified atom stereocenters. The van der Waals surface area contributed by atoms with E-state index in [2.05, 4.69) is 10.1 Å². The Bertz CT molecular complexity index is 545. The van der Waals surface area contributed by atoms with Gasteiger partial charge in [0.2, 0.25) is 0 Å². The highest BCUT2D eigenvalue weighted by Crippen LogP contribution is 2.27. The Kier molecular flexibility index (Phi) is 3.23. The van der Waals surface area contributed by atoms with Gasteiger partial charge in [-0.3, -0.25) is 4.68 Å². The van der Waals surface area contributed by atoms with Crippen LogP contribution in [-0.2, 0) is 11.8 Å². The predicted molar refractivity (Wildman–Crippen MR) is 65.0 cm³/mol. The van der Waals surface area contributed by atoms with Crippen molar-refractivity contribution in [2.45, 2.75) is 13.8 Å². The standard InChI is InChI=1S/C11H13N3O2S/c1-4-16-11(15)9-7(2)17-10(13-9)8-5-12-14(3)6-8/h5-6H,4H2,1-3H3. The Morgan fingerprint density at radius 3 is 2.94 bits per heavy atom. The van der Waals surface area contributed by atoms with Crippen LogP contribution in [0.2, 0.25) is 0 Å². The molecule has 0 saturated heterocycles. The fourth-order valence-corrected chi connectivity index (χ4v) is 2.32. The van der Waals surface area contributed by atoms with Crippen molar-refractivity contribution in [2.24, 2.45) is 7.05 Å². The highest BCUT2D eigenvalue weighted by atomic mass is 32.1. The highest BCUT2D eigenvalue weighted by Gasteiger charge is 2.17. The van der Waals surface area contributed by atoms with E-state index in [1.807, 2.05) is 20.2 Å². The quantitative estimate of drug-likeness (QED) is 0.783. The van der Waals surface area contributed by atoms with Crippen molar-refractivity contribution >= 4 is 17.3 Å². The van der Waals surface area contributed by atoms with E-state index in [-0.39, 0.29) is 5.97 Å². The van der Waals surface area contributed by atoms with Gasteiger partial charge in [0.05, 0.1) is 12.8 Å². The maximum atomic E-state index is 11.6. The molecule has 17 heavy (non-hydrogen) atoms. The lowest BCUT2D eigenvalue weighted by atomic mass is 10.3. The molecule has 2 aromatic heterocycles. The molecule has 90 valence electrons. The predicted octanol–water partition coefficient (Wildman–Crippen LogP) is 2.03. The summed E-state index contributed by atoms with van der Waals surface area (Å²) in [6.45, 7) is 4.00. The van der Waals surface area contributed by atoms with Crippen molar-refractivity contribution < 1.29 is 9.53 Å². The van der Waals surface area contributed by atoms with Crippen LogP contribution in [0.1, 0.15) is 22.3 Å². The summed E-state index contributed by atoms with van der Waals surface area (Å²) < 4.78 is 6.65. The van der Waals surface area contributed by atoms with Gasteiger partial charge in [0, 0.05) is 23.7 Å². The summed E-state index contributed by atoms with van der Waals surface area (Å²) in [5.74, 6) is -0.364. The van der Waals surface area contributed by atoms with E-state index >= 15 is 0 Å². The van der Waals surface area contributed by atoms with Crippen molar-refractivity contribution in [3.05, 3.63) is 23.0 Å². The number of carbonyl (C=O) groups is 1. The van der Waals surface area contributed by atoms with Crippen molar-refractivity contribution in [3.63, 3.8) is 0 Å². The maximum Gasteiger partial charge on any atom is 0.358 e. The molecule has 0 saturated carbocycles. The summed E-state index contributed by atoms with van der Waals surface area (Å²) in [6.07, 6.45) is 3.60. The van der Waals surface area contributed by atoms with E-state index in [0.717, 1.165) is 15.4 Å². The van der Waals surface area contributed by atoms with Gasteiger partial charge in [-0.2, -0.15) is 5.10 Å². The topological polar surface area (TPSA) is 57.0 Å². The van der Waals surface area contributed by atoms with E-state index in [1.54, 1.807) is 17.8 Å². The zero-order valence-corrected chi connectivity index (χ0v) is 10.7. The third-order valence-corrected chi connectivity index (χ3v) is 3.24. The molecule has 2 aromatic rings. The van der Waals surface area contributed by atoms with Gasteiger partial charge in [0.25, 0.3) is 0 Å². The largest absolute Gasteiger partial charge is 0.461 e. The zero-order valence-electron chi connectivity index (χ0n) is 9.93. The minimum Gasteiger partial charge on any atom is -0.461 e. The molecule has 0 amide bonds. The van der Waals surface area contributed by atoms with E-state index in [4.69, 9.17) is 4.74 Å². The number of nitrogens with zero attached hydrogens (tertiary/aromatic N) is 3. The summed E-state index contributed by atoms with van der Waals surface area (Å²) in [6, 6.07) is 0. The van der Waals surface area contributed by atoms with E-state index in [1.165, 1.54) is 11.3 Å². The third-order valence-electron chi connectivity index (χ3n) is 2.22. The van der Waals surface area contributed by atoms with Gasteiger partial charge in [-0.05, 0) is 13.8 Å². The van der Waals surface area contributed by atoms with Crippen LogP contribution >= 0.6 is 11.3 Å². The van der Waals surface area contributed by atoms with Crippen LogP contribution in [0.25, 0.3) is 10.6 Å². The van der Waals surface area contributed by atoms with E-state index in [9.17, 15) is 4.79 Å². The normalized spacial score (nSPS) is 10.5. The molecule has 0 aromatic carbocycles. The Morgan fingerprint density at radius 2 is 2.35 bits per heavy atom. The van der Waals surface area contributed by atoms with Crippen molar-refractivity contribution in [1.29, 1.82) is 0 Å². The molecule has 0 spiro atoms.